The predicted octanol–water partition coefficient (Wildman–Crippen LogP) is 2.65. The van der Waals surface area contributed by atoms with E-state index >= 15 is 0 Å². The molecule has 6 heteroatoms. The Hall–Kier alpha value is -2.94. The zero-order chi connectivity index (χ0) is 13.0. The van der Waals surface area contributed by atoms with Gasteiger partial charge >= 0.3 is 0 Å². The third kappa shape index (κ3) is 2.59. The lowest BCUT2D eigenvalue weighted by Crippen LogP contribution is -1.91. The van der Waals surface area contributed by atoms with Gasteiger partial charge in [-0.15, -0.1) is 0 Å². The summed E-state index contributed by atoms with van der Waals surface area (Å²) < 4.78 is 5.37. The maximum Gasteiger partial charge on any atom is 0.287 e. The van der Waals surface area contributed by atoms with Crippen molar-refractivity contribution in [1.82, 2.24) is 4.98 Å². The van der Waals surface area contributed by atoms with Gasteiger partial charge in [-0.3, -0.25) is 10.1 Å². The standard InChI is InChI=1S/C12H7N3O3/c13-7-9-1-4-11(5-2-9)18-12-6-3-10(8-14-12)15(16)17/h1-6,8H. The van der Waals surface area contributed by atoms with Crippen LogP contribution in [0.5, 0.6) is 11.6 Å². The summed E-state index contributed by atoms with van der Waals surface area (Å²) in [6.45, 7) is 0. The maximum absolute atomic E-state index is 10.4. The van der Waals surface area contributed by atoms with E-state index in [0.717, 1.165) is 6.20 Å². The van der Waals surface area contributed by atoms with Crippen LogP contribution in [0.15, 0.2) is 42.6 Å². The lowest BCUT2D eigenvalue weighted by Gasteiger charge is -2.03. The molecule has 0 aliphatic heterocycles. The highest BCUT2D eigenvalue weighted by Crippen LogP contribution is 2.21. The van der Waals surface area contributed by atoms with Gasteiger partial charge in [-0.2, -0.15) is 5.26 Å². The van der Waals surface area contributed by atoms with E-state index in [9.17, 15) is 10.1 Å². The average Bonchev–Trinajstić information content (AvgIpc) is 2.40. The van der Waals surface area contributed by atoms with E-state index in [1.54, 1.807) is 24.3 Å². The van der Waals surface area contributed by atoms with E-state index in [1.165, 1.54) is 12.1 Å². The molecule has 2 aromatic rings. The Bertz CT molecular complexity index is 600. The Morgan fingerprint density at radius 1 is 1.22 bits per heavy atom. The molecule has 0 saturated heterocycles. The number of hydrogen-bond donors (Lipinski definition) is 0. The van der Waals surface area contributed by atoms with Crippen molar-refractivity contribution < 1.29 is 9.66 Å². The highest BCUT2D eigenvalue weighted by Gasteiger charge is 2.06. The molecular formula is C12H7N3O3. The van der Waals surface area contributed by atoms with Crippen molar-refractivity contribution >= 4 is 5.69 Å². The third-order valence-corrected chi connectivity index (χ3v) is 2.14. The molecule has 0 aliphatic rings. The summed E-state index contributed by atoms with van der Waals surface area (Å²) in [6, 6.07) is 11.2. The first-order valence-corrected chi connectivity index (χ1v) is 4.97. The molecule has 0 unspecified atom stereocenters. The van der Waals surface area contributed by atoms with E-state index in [2.05, 4.69) is 4.98 Å². The summed E-state index contributed by atoms with van der Waals surface area (Å²) in [7, 11) is 0. The first-order chi connectivity index (χ1) is 8.69. The van der Waals surface area contributed by atoms with Crippen LogP contribution in [0.4, 0.5) is 5.69 Å². The van der Waals surface area contributed by atoms with Crippen LogP contribution in [-0.2, 0) is 0 Å². The van der Waals surface area contributed by atoms with Gasteiger partial charge in [0.25, 0.3) is 5.69 Å². The molecule has 0 aliphatic carbocycles. The molecule has 1 aromatic carbocycles. The number of aromatic nitrogens is 1. The topological polar surface area (TPSA) is 89.0 Å². The molecule has 88 valence electrons. The van der Waals surface area contributed by atoms with Gasteiger partial charge in [-0.25, -0.2) is 4.98 Å². The Morgan fingerprint density at radius 2 is 1.94 bits per heavy atom. The minimum absolute atomic E-state index is 0.0952. The van der Waals surface area contributed by atoms with Crippen LogP contribution in [0.1, 0.15) is 5.56 Å². The van der Waals surface area contributed by atoms with Gasteiger partial charge in [0.15, 0.2) is 0 Å². The second-order valence-electron chi connectivity index (χ2n) is 3.35. The van der Waals surface area contributed by atoms with Gasteiger partial charge in [-0.05, 0) is 24.3 Å². The van der Waals surface area contributed by atoms with Gasteiger partial charge in [0.1, 0.15) is 11.9 Å². The Morgan fingerprint density at radius 3 is 2.44 bits per heavy atom. The second kappa shape index (κ2) is 4.93. The fraction of sp³-hybridized carbons (Fsp3) is 0. The number of nitriles is 1. The molecule has 0 N–H and O–H groups in total. The van der Waals surface area contributed by atoms with Crippen LogP contribution in [-0.4, -0.2) is 9.91 Å². The van der Waals surface area contributed by atoms with Crippen molar-refractivity contribution in [2.75, 3.05) is 0 Å². The molecule has 1 heterocycles. The summed E-state index contributed by atoms with van der Waals surface area (Å²) in [4.78, 5) is 13.7. The molecule has 0 atom stereocenters. The second-order valence-corrected chi connectivity index (χ2v) is 3.35. The van der Waals surface area contributed by atoms with E-state index in [1.807, 2.05) is 6.07 Å². The third-order valence-electron chi connectivity index (χ3n) is 2.14. The van der Waals surface area contributed by atoms with Crippen LogP contribution in [0.2, 0.25) is 0 Å². The minimum Gasteiger partial charge on any atom is -0.439 e. The molecule has 0 saturated carbocycles. The van der Waals surface area contributed by atoms with Gasteiger partial charge in [0.2, 0.25) is 5.88 Å². The fourth-order valence-electron chi connectivity index (χ4n) is 1.26. The first-order valence-electron chi connectivity index (χ1n) is 4.97. The number of rotatable bonds is 3. The van der Waals surface area contributed by atoms with Crippen LogP contribution in [0.25, 0.3) is 0 Å². The quantitative estimate of drug-likeness (QED) is 0.608. The molecule has 0 spiro atoms. The smallest absolute Gasteiger partial charge is 0.287 e. The Kier molecular flexibility index (Phi) is 3.16. The summed E-state index contributed by atoms with van der Waals surface area (Å²) in [5, 5.41) is 19.1. The Balaban J connectivity index is 2.13. The molecule has 0 amide bonds. The van der Waals surface area contributed by atoms with Crippen LogP contribution < -0.4 is 4.74 Å². The zero-order valence-corrected chi connectivity index (χ0v) is 9.11. The maximum atomic E-state index is 10.4. The number of hydrogen-bond acceptors (Lipinski definition) is 5. The van der Waals surface area contributed by atoms with E-state index in [4.69, 9.17) is 10.00 Å². The van der Waals surface area contributed by atoms with Crippen LogP contribution in [0, 0.1) is 21.4 Å². The van der Waals surface area contributed by atoms with Crippen molar-refractivity contribution in [3.63, 3.8) is 0 Å². The van der Waals surface area contributed by atoms with E-state index < -0.39 is 4.92 Å². The molecule has 1 aromatic heterocycles. The van der Waals surface area contributed by atoms with Crippen molar-refractivity contribution in [1.29, 1.82) is 5.26 Å². The number of pyridine rings is 1. The fourth-order valence-corrected chi connectivity index (χ4v) is 1.26. The molecular weight excluding hydrogens is 234 g/mol. The van der Waals surface area contributed by atoms with Crippen LogP contribution >= 0.6 is 0 Å². The normalized spacial score (nSPS) is 9.50. The van der Waals surface area contributed by atoms with E-state index in [-0.39, 0.29) is 11.6 Å². The van der Waals surface area contributed by atoms with Crippen molar-refractivity contribution in [3.8, 4) is 17.7 Å². The van der Waals surface area contributed by atoms with Gasteiger partial charge in [0, 0.05) is 12.1 Å². The largest absolute Gasteiger partial charge is 0.439 e. The number of ether oxygens (including phenoxy) is 1. The lowest BCUT2D eigenvalue weighted by molar-refractivity contribution is -0.385. The molecule has 6 nitrogen and oxygen atoms in total. The number of benzene rings is 1. The monoisotopic (exact) mass is 241 g/mol. The number of nitrogens with zero attached hydrogens (tertiary/aromatic N) is 3. The van der Waals surface area contributed by atoms with Gasteiger partial charge in [0.05, 0.1) is 16.6 Å². The molecule has 2 rings (SSSR count). The molecule has 18 heavy (non-hydrogen) atoms. The summed E-state index contributed by atoms with van der Waals surface area (Å²) >= 11 is 0. The summed E-state index contributed by atoms with van der Waals surface area (Å²) in [6.07, 6.45) is 1.12. The summed E-state index contributed by atoms with van der Waals surface area (Å²) in [5.74, 6) is 0.765. The molecule has 0 fully saturated rings. The molecule has 0 radical (unpaired) electrons. The summed E-state index contributed by atoms with van der Waals surface area (Å²) in [5.41, 5.74) is 0.432. The first kappa shape index (κ1) is 11.5. The Labute approximate surface area is 102 Å². The number of nitro groups is 1. The zero-order valence-electron chi connectivity index (χ0n) is 9.11. The predicted molar refractivity (Wildman–Crippen MR) is 62.1 cm³/mol. The van der Waals surface area contributed by atoms with Crippen molar-refractivity contribution in [3.05, 3.63) is 58.3 Å². The van der Waals surface area contributed by atoms with Crippen molar-refractivity contribution in [2.24, 2.45) is 0 Å². The van der Waals surface area contributed by atoms with E-state index in [0.29, 0.717) is 11.3 Å². The minimum atomic E-state index is -0.529. The van der Waals surface area contributed by atoms with Gasteiger partial charge in [-0.1, -0.05) is 0 Å². The van der Waals surface area contributed by atoms with Gasteiger partial charge < -0.3 is 4.74 Å². The van der Waals surface area contributed by atoms with Crippen LogP contribution in [0.3, 0.4) is 0 Å². The average molecular weight is 241 g/mol. The SMILES string of the molecule is N#Cc1ccc(Oc2ccc([N+](=O)[O-])cn2)cc1. The lowest BCUT2D eigenvalue weighted by atomic mass is 10.2. The highest BCUT2D eigenvalue weighted by atomic mass is 16.6. The highest BCUT2D eigenvalue weighted by molar-refractivity contribution is 5.37. The van der Waals surface area contributed by atoms with Crippen molar-refractivity contribution in [2.45, 2.75) is 0 Å². The molecule has 0 bridgehead atoms.